The van der Waals surface area contributed by atoms with Gasteiger partial charge in [0.05, 0.1) is 18.5 Å². The van der Waals surface area contributed by atoms with Crippen LogP contribution < -0.4 is 10.0 Å². The SMILES string of the molecule is CC1CC(NS(=O)(=O)CCOC(C)C)CCN1.Cl. The Kier molecular flexibility index (Phi) is 8.38. The lowest BCUT2D eigenvalue weighted by molar-refractivity contribution is 0.0911. The van der Waals surface area contributed by atoms with E-state index in [9.17, 15) is 8.42 Å². The lowest BCUT2D eigenvalue weighted by Gasteiger charge is -2.28. The average Bonchev–Trinajstić information content (AvgIpc) is 2.15. The molecule has 0 aromatic rings. The molecule has 0 aromatic heterocycles. The number of piperidine rings is 1. The highest BCUT2D eigenvalue weighted by Gasteiger charge is 2.22. The monoisotopic (exact) mass is 300 g/mol. The highest BCUT2D eigenvalue weighted by molar-refractivity contribution is 7.89. The summed E-state index contributed by atoms with van der Waals surface area (Å²) < 4.78 is 31.6. The second kappa shape index (κ2) is 8.32. The Morgan fingerprint density at radius 2 is 2.11 bits per heavy atom. The molecule has 7 heteroatoms. The molecular formula is C11H25ClN2O3S. The highest BCUT2D eigenvalue weighted by atomic mass is 35.5. The van der Waals surface area contributed by atoms with Crippen molar-refractivity contribution in [2.45, 2.75) is 51.8 Å². The highest BCUT2D eigenvalue weighted by Crippen LogP contribution is 2.09. The van der Waals surface area contributed by atoms with Crippen molar-refractivity contribution in [3.8, 4) is 0 Å². The predicted octanol–water partition coefficient (Wildman–Crippen LogP) is 0.893. The van der Waals surface area contributed by atoms with E-state index in [-0.39, 0.29) is 36.9 Å². The molecule has 0 saturated carbocycles. The molecule has 110 valence electrons. The van der Waals surface area contributed by atoms with Gasteiger partial charge in [0.15, 0.2) is 0 Å². The Morgan fingerprint density at radius 1 is 1.44 bits per heavy atom. The zero-order chi connectivity index (χ0) is 12.9. The van der Waals surface area contributed by atoms with Crippen LogP contribution in [-0.2, 0) is 14.8 Å². The van der Waals surface area contributed by atoms with E-state index in [1.807, 2.05) is 13.8 Å². The first-order chi connectivity index (χ1) is 7.89. The van der Waals surface area contributed by atoms with Gasteiger partial charge in [-0.15, -0.1) is 12.4 Å². The number of sulfonamides is 1. The molecule has 0 aliphatic carbocycles. The topological polar surface area (TPSA) is 67.4 Å². The van der Waals surface area contributed by atoms with Crippen molar-refractivity contribution in [3.63, 3.8) is 0 Å². The minimum atomic E-state index is -3.20. The maximum absolute atomic E-state index is 11.8. The van der Waals surface area contributed by atoms with Gasteiger partial charge in [-0.05, 0) is 40.2 Å². The van der Waals surface area contributed by atoms with Gasteiger partial charge >= 0.3 is 0 Å². The average molecular weight is 301 g/mol. The maximum Gasteiger partial charge on any atom is 0.214 e. The number of halogens is 1. The van der Waals surface area contributed by atoms with Crippen molar-refractivity contribution >= 4 is 22.4 Å². The summed E-state index contributed by atoms with van der Waals surface area (Å²) >= 11 is 0. The summed E-state index contributed by atoms with van der Waals surface area (Å²) in [6.45, 7) is 7.00. The molecule has 1 aliphatic rings. The summed E-state index contributed by atoms with van der Waals surface area (Å²) in [7, 11) is -3.20. The first-order valence-corrected chi connectivity index (χ1v) is 7.89. The summed E-state index contributed by atoms with van der Waals surface area (Å²) in [6, 6.07) is 0.443. The first kappa shape index (κ1) is 18.1. The number of nitrogens with one attached hydrogen (secondary N) is 2. The fraction of sp³-hybridized carbons (Fsp3) is 1.00. The third-order valence-corrected chi connectivity index (χ3v) is 4.17. The van der Waals surface area contributed by atoms with E-state index in [0.29, 0.717) is 6.04 Å². The normalized spacial score (nSPS) is 24.9. The molecule has 1 saturated heterocycles. The number of ether oxygens (including phenoxy) is 1. The van der Waals surface area contributed by atoms with Gasteiger partial charge in [0.1, 0.15) is 0 Å². The van der Waals surface area contributed by atoms with Crippen LogP contribution in [0.3, 0.4) is 0 Å². The fourth-order valence-corrected chi connectivity index (χ4v) is 3.10. The molecular weight excluding hydrogens is 276 g/mol. The summed E-state index contributed by atoms with van der Waals surface area (Å²) in [5.74, 6) is 0.0451. The number of hydrogen-bond acceptors (Lipinski definition) is 4. The van der Waals surface area contributed by atoms with E-state index < -0.39 is 10.0 Å². The maximum atomic E-state index is 11.8. The standard InChI is InChI=1S/C11H24N2O3S.ClH/c1-9(2)16-6-7-17(14,15)13-11-4-5-12-10(3)8-11;/h9-13H,4-8H2,1-3H3;1H. The van der Waals surface area contributed by atoms with E-state index in [0.717, 1.165) is 19.4 Å². The van der Waals surface area contributed by atoms with Gasteiger partial charge < -0.3 is 10.1 Å². The van der Waals surface area contributed by atoms with E-state index in [2.05, 4.69) is 17.0 Å². The van der Waals surface area contributed by atoms with Crippen LogP contribution in [0.5, 0.6) is 0 Å². The molecule has 18 heavy (non-hydrogen) atoms. The van der Waals surface area contributed by atoms with Crippen LogP contribution >= 0.6 is 12.4 Å². The lowest BCUT2D eigenvalue weighted by atomic mass is 10.0. The minimum absolute atomic E-state index is 0. The Balaban J connectivity index is 0.00000289. The lowest BCUT2D eigenvalue weighted by Crippen LogP contribution is -2.47. The molecule has 1 fully saturated rings. The smallest absolute Gasteiger partial charge is 0.214 e. The van der Waals surface area contributed by atoms with Gasteiger partial charge in [-0.3, -0.25) is 0 Å². The van der Waals surface area contributed by atoms with Gasteiger partial charge in [-0.25, -0.2) is 13.1 Å². The Hall–Kier alpha value is 0.120. The van der Waals surface area contributed by atoms with Crippen molar-refractivity contribution < 1.29 is 13.2 Å². The van der Waals surface area contributed by atoms with Gasteiger partial charge in [0, 0.05) is 12.1 Å². The third-order valence-electron chi connectivity index (χ3n) is 2.77. The van der Waals surface area contributed by atoms with Crippen LogP contribution in [0.15, 0.2) is 0 Å². The van der Waals surface area contributed by atoms with Crippen LogP contribution in [0.2, 0.25) is 0 Å². The molecule has 2 unspecified atom stereocenters. The van der Waals surface area contributed by atoms with Crippen molar-refractivity contribution in [3.05, 3.63) is 0 Å². The molecule has 0 bridgehead atoms. The Bertz CT molecular complexity index is 322. The summed E-state index contributed by atoms with van der Waals surface area (Å²) in [6.07, 6.45) is 1.78. The van der Waals surface area contributed by atoms with Crippen LogP contribution in [0.1, 0.15) is 33.6 Å². The van der Waals surface area contributed by atoms with Gasteiger partial charge in [-0.1, -0.05) is 0 Å². The molecule has 5 nitrogen and oxygen atoms in total. The molecule has 2 N–H and O–H groups in total. The zero-order valence-corrected chi connectivity index (χ0v) is 12.9. The Morgan fingerprint density at radius 3 is 2.67 bits per heavy atom. The third kappa shape index (κ3) is 7.53. The Labute approximate surface area is 117 Å². The molecule has 0 aromatic carbocycles. The van der Waals surface area contributed by atoms with Gasteiger partial charge in [-0.2, -0.15) is 0 Å². The van der Waals surface area contributed by atoms with E-state index in [1.54, 1.807) is 0 Å². The van der Waals surface area contributed by atoms with E-state index >= 15 is 0 Å². The van der Waals surface area contributed by atoms with E-state index in [1.165, 1.54) is 0 Å². The molecule has 0 amide bonds. The van der Waals surface area contributed by atoms with Gasteiger partial charge in [0.25, 0.3) is 0 Å². The summed E-state index contributed by atoms with van der Waals surface area (Å²) in [4.78, 5) is 0. The van der Waals surface area contributed by atoms with E-state index in [4.69, 9.17) is 4.74 Å². The second-order valence-corrected chi connectivity index (χ2v) is 6.81. The quantitative estimate of drug-likeness (QED) is 0.764. The zero-order valence-electron chi connectivity index (χ0n) is 11.3. The molecule has 0 spiro atoms. The molecule has 1 aliphatic heterocycles. The molecule has 2 atom stereocenters. The largest absolute Gasteiger partial charge is 0.378 e. The van der Waals surface area contributed by atoms with Crippen LogP contribution in [0, 0.1) is 0 Å². The van der Waals surface area contributed by atoms with Crippen LogP contribution in [0.4, 0.5) is 0 Å². The first-order valence-electron chi connectivity index (χ1n) is 6.24. The predicted molar refractivity (Wildman–Crippen MR) is 75.7 cm³/mol. The molecule has 1 rings (SSSR count). The van der Waals surface area contributed by atoms with Crippen molar-refractivity contribution in [2.75, 3.05) is 18.9 Å². The van der Waals surface area contributed by atoms with Crippen molar-refractivity contribution in [2.24, 2.45) is 0 Å². The number of hydrogen-bond donors (Lipinski definition) is 2. The molecule has 1 heterocycles. The summed E-state index contributed by atoms with van der Waals surface area (Å²) in [5, 5.41) is 3.30. The molecule has 0 radical (unpaired) electrons. The minimum Gasteiger partial charge on any atom is -0.378 e. The second-order valence-electron chi connectivity index (χ2n) is 4.93. The number of rotatable bonds is 6. The van der Waals surface area contributed by atoms with Crippen molar-refractivity contribution in [1.29, 1.82) is 0 Å². The summed E-state index contributed by atoms with van der Waals surface area (Å²) in [5.41, 5.74) is 0. The van der Waals surface area contributed by atoms with Crippen LogP contribution in [0.25, 0.3) is 0 Å². The van der Waals surface area contributed by atoms with Gasteiger partial charge in [0.2, 0.25) is 10.0 Å². The van der Waals surface area contributed by atoms with Crippen LogP contribution in [-0.4, -0.2) is 45.5 Å². The van der Waals surface area contributed by atoms with Crippen molar-refractivity contribution in [1.82, 2.24) is 10.0 Å². The fourth-order valence-electron chi connectivity index (χ4n) is 1.95.